The molecule has 2 aromatic carbocycles. The predicted octanol–water partition coefficient (Wildman–Crippen LogP) is 3.16. The molecule has 0 aromatic heterocycles. The molecular weight excluding hydrogens is 262 g/mol. The minimum Gasteiger partial charge on any atom is -0.462 e. The van der Waals surface area contributed by atoms with Crippen molar-refractivity contribution in [1.29, 1.82) is 0 Å². The molecule has 21 heavy (non-hydrogen) atoms. The zero-order valence-corrected chi connectivity index (χ0v) is 12.1. The molecule has 0 aliphatic carbocycles. The number of benzene rings is 2. The predicted molar refractivity (Wildman–Crippen MR) is 84.3 cm³/mol. The lowest BCUT2D eigenvalue weighted by Gasteiger charge is -2.12. The number of allylic oxidation sites excluding steroid dienone is 1. The third-order valence-corrected chi connectivity index (χ3v) is 3.10. The quantitative estimate of drug-likeness (QED) is 0.676. The highest BCUT2D eigenvalue weighted by Gasteiger charge is 2.17. The number of carbonyl (C=O) groups is 1. The summed E-state index contributed by atoms with van der Waals surface area (Å²) in [5, 5.41) is 0. The molecule has 0 spiro atoms. The Balaban J connectivity index is 2.38. The van der Waals surface area contributed by atoms with Gasteiger partial charge in [0, 0.05) is 12.1 Å². The lowest BCUT2D eigenvalue weighted by molar-refractivity contribution is -0.136. The topological polar surface area (TPSA) is 52.3 Å². The van der Waals surface area contributed by atoms with Crippen LogP contribution in [0.4, 0.5) is 0 Å². The molecule has 3 nitrogen and oxygen atoms in total. The van der Waals surface area contributed by atoms with Crippen LogP contribution >= 0.6 is 0 Å². The molecule has 0 aliphatic rings. The number of carbonyl (C=O) groups excluding carboxylic acids is 1. The van der Waals surface area contributed by atoms with Gasteiger partial charge in [-0.15, -0.1) is 0 Å². The fourth-order valence-electron chi connectivity index (χ4n) is 2.15. The van der Waals surface area contributed by atoms with E-state index >= 15 is 0 Å². The van der Waals surface area contributed by atoms with Gasteiger partial charge in [-0.3, -0.25) is 0 Å². The molecule has 0 bridgehead atoms. The van der Waals surface area contributed by atoms with E-state index in [2.05, 4.69) is 0 Å². The van der Waals surface area contributed by atoms with Gasteiger partial charge >= 0.3 is 5.97 Å². The molecule has 0 saturated heterocycles. The first-order chi connectivity index (χ1) is 10.2. The molecule has 0 unspecified atom stereocenters. The van der Waals surface area contributed by atoms with Crippen LogP contribution in [0.2, 0.25) is 0 Å². The van der Waals surface area contributed by atoms with Gasteiger partial charge in [0.15, 0.2) is 0 Å². The van der Waals surface area contributed by atoms with Crippen molar-refractivity contribution in [1.82, 2.24) is 0 Å². The number of hydrogen-bond acceptors (Lipinski definition) is 3. The van der Waals surface area contributed by atoms with Crippen molar-refractivity contribution in [2.45, 2.75) is 13.3 Å². The van der Waals surface area contributed by atoms with E-state index in [1.165, 1.54) is 0 Å². The maximum absolute atomic E-state index is 12.2. The van der Waals surface area contributed by atoms with Crippen molar-refractivity contribution in [2.75, 3.05) is 6.61 Å². The van der Waals surface area contributed by atoms with Gasteiger partial charge in [0.25, 0.3) is 0 Å². The normalized spacial score (nSPS) is 11.7. The average Bonchev–Trinajstić information content (AvgIpc) is 2.50. The molecule has 2 rings (SSSR count). The summed E-state index contributed by atoms with van der Waals surface area (Å²) in [6, 6.07) is 19.2. The van der Waals surface area contributed by atoms with Crippen molar-refractivity contribution in [3.05, 3.63) is 77.5 Å². The minimum absolute atomic E-state index is 0.327. The molecule has 3 heteroatoms. The summed E-state index contributed by atoms with van der Waals surface area (Å²) in [5.41, 5.74) is 9.00. The van der Waals surface area contributed by atoms with Gasteiger partial charge < -0.3 is 10.5 Å². The molecular formula is C18H19NO2. The maximum atomic E-state index is 12.2. The fourth-order valence-corrected chi connectivity index (χ4v) is 2.15. The number of esters is 1. The Morgan fingerprint density at radius 3 is 2.14 bits per heavy atom. The molecule has 0 amide bonds. The molecule has 108 valence electrons. The first-order valence-corrected chi connectivity index (χ1v) is 6.97. The summed E-state index contributed by atoms with van der Waals surface area (Å²) in [6.45, 7) is 2.11. The molecule has 0 atom stereocenters. The molecule has 0 heterocycles. The number of nitrogens with two attached hydrogens (primary N) is 1. The van der Waals surface area contributed by atoms with Crippen LogP contribution < -0.4 is 5.73 Å². The highest BCUT2D eigenvalue weighted by molar-refractivity contribution is 6.17. The Bertz CT molecular complexity index is 618. The zero-order chi connectivity index (χ0) is 15.1. The van der Waals surface area contributed by atoms with Crippen LogP contribution in [0.1, 0.15) is 18.1 Å². The van der Waals surface area contributed by atoms with Crippen LogP contribution in [-0.2, 0) is 16.0 Å². The van der Waals surface area contributed by atoms with E-state index in [9.17, 15) is 4.79 Å². The van der Waals surface area contributed by atoms with Crippen LogP contribution in [0, 0.1) is 0 Å². The van der Waals surface area contributed by atoms with Gasteiger partial charge in [0.05, 0.1) is 12.2 Å². The van der Waals surface area contributed by atoms with Gasteiger partial charge in [-0.1, -0.05) is 60.7 Å². The van der Waals surface area contributed by atoms with Crippen molar-refractivity contribution in [2.24, 2.45) is 5.73 Å². The first-order valence-electron chi connectivity index (χ1n) is 6.97. The highest BCUT2D eigenvalue weighted by atomic mass is 16.5. The Morgan fingerprint density at radius 2 is 1.57 bits per heavy atom. The molecule has 0 aliphatic heterocycles. The largest absolute Gasteiger partial charge is 0.462 e. The van der Waals surface area contributed by atoms with Crippen LogP contribution in [0.15, 0.2) is 66.4 Å². The van der Waals surface area contributed by atoms with E-state index in [1.807, 2.05) is 60.7 Å². The van der Waals surface area contributed by atoms with Gasteiger partial charge in [0.1, 0.15) is 0 Å². The van der Waals surface area contributed by atoms with Crippen LogP contribution in [0.3, 0.4) is 0 Å². The fraction of sp³-hybridized carbons (Fsp3) is 0.167. The van der Waals surface area contributed by atoms with E-state index in [0.29, 0.717) is 24.3 Å². The number of ether oxygens (including phenoxy) is 1. The van der Waals surface area contributed by atoms with Crippen LogP contribution in [-0.4, -0.2) is 12.6 Å². The lowest BCUT2D eigenvalue weighted by atomic mass is 10.00. The SMILES string of the molecule is CCOC(=O)/C(=C(\N)Cc1ccccc1)c1ccccc1. The smallest absolute Gasteiger partial charge is 0.340 e. The van der Waals surface area contributed by atoms with Crippen LogP contribution in [0.5, 0.6) is 0 Å². The third kappa shape index (κ3) is 3.96. The molecule has 2 aromatic rings. The average molecular weight is 281 g/mol. The van der Waals surface area contributed by atoms with Gasteiger partial charge in [0.2, 0.25) is 0 Å². The summed E-state index contributed by atoms with van der Waals surface area (Å²) < 4.78 is 5.14. The van der Waals surface area contributed by atoms with E-state index in [1.54, 1.807) is 6.92 Å². The maximum Gasteiger partial charge on any atom is 0.340 e. The van der Waals surface area contributed by atoms with Crippen molar-refractivity contribution in [3.63, 3.8) is 0 Å². The zero-order valence-electron chi connectivity index (χ0n) is 12.1. The third-order valence-electron chi connectivity index (χ3n) is 3.10. The Hall–Kier alpha value is -2.55. The Labute approximate surface area is 125 Å². The molecule has 0 fully saturated rings. The van der Waals surface area contributed by atoms with Gasteiger partial charge in [-0.2, -0.15) is 0 Å². The Kier molecular flexibility index (Phi) is 5.16. The molecule has 2 N–H and O–H groups in total. The molecule has 0 saturated carbocycles. The van der Waals surface area contributed by atoms with Crippen molar-refractivity contribution < 1.29 is 9.53 Å². The van der Waals surface area contributed by atoms with E-state index in [-0.39, 0.29) is 5.97 Å². The second-order valence-electron chi connectivity index (χ2n) is 4.65. The molecule has 0 radical (unpaired) electrons. The van der Waals surface area contributed by atoms with Crippen molar-refractivity contribution >= 4 is 11.5 Å². The van der Waals surface area contributed by atoms with E-state index in [4.69, 9.17) is 10.5 Å². The summed E-state index contributed by atoms with van der Waals surface area (Å²) in [5.74, 6) is -0.378. The Morgan fingerprint density at radius 1 is 1.00 bits per heavy atom. The lowest BCUT2D eigenvalue weighted by Crippen LogP contribution is -2.15. The number of hydrogen-bond donors (Lipinski definition) is 1. The number of rotatable bonds is 5. The second-order valence-corrected chi connectivity index (χ2v) is 4.65. The van der Waals surface area contributed by atoms with E-state index in [0.717, 1.165) is 11.1 Å². The summed E-state index contributed by atoms with van der Waals surface area (Å²) in [4.78, 5) is 12.2. The van der Waals surface area contributed by atoms with Gasteiger partial charge in [-0.25, -0.2) is 4.79 Å². The first kappa shape index (κ1) is 14.9. The van der Waals surface area contributed by atoms with Gasteiger partial charge in [-0.05, 0) is 18.1 Å². The summed E-state index contributed by atoms with van der Waals surface area (Å²) in [6.07, 6.45) is 0.518. The summed E-state index contributed by atoms with van der Waals surface area (Å²) in [7, 11) is 0. The minimum atomic E-state index is -0.378. The van der Waals surface area contributed by atoms with Crippen LogP contribution in [0.25, 0.3) is 5.57 Å². The van der Waals surface area contributed by atoms with Crippen molar-refractivity contribution in [3.8, 4) is 0 Å². The van der Waals surface area contributed by atoms with E-state index < -0.39 is 0 Å². The standard InChI is InChI=1S/C18H19NO2/c1-2-21-18(20)17(15-11-7-4-8-12-15)16(19)13-14-9-5-3-6-10-14/h3-12H,2,13,19H2,1H3/b17-16-. The summed E-state index contributed by atoms with van der Waals surface area (Å²) >= 11 is 0. The second kappa shape index (κ2) is 7.29. The highest BCUT2D eigenvalue weighted by Crippen LogP contribution is 2.20. The monoisotopic (exact) mass is 281 g/mol.